The predicted octanol–water partition coefficient (Wildman–Crippen LogP) is 0.764. The Kier molecular flexibility index (Phi) is 3.64. The number of ether oxygens (including phenoxy) is 1. The van der Waals surface area contributed by atoms with Crippen molar-refractivity contribution >= 4 is 5.91 Å². The Morgan fingerprint density at radius 2 is 2.41 bits per heavy atom. The fraction of sp³-hybridized carbons (Fsp3) is 0.462. The van der Waals surface area contributed by atoms with Gasteiger partial charge < -0.3 is 15.8 Å². The number of carbonyl (C=O) groups is 1. The van der Waals surface area contributed by atoms with Crippen LogP contribution in [0.15, 0.2) is 18.2 Å². The molecule has 0 fully saturated rings. The molecule has 1 aromatic carbocycles. The summed E-state index contributed by atoms with van der Waals surface area (Å²) in [7, 11) is 0. The zero-order chi connectivity index (χ0) is 12.3. The second-order valence-electron chi connectivity index (χ2n) is 4.48. The molecule has 1 amide bonds. The first kappa shape index (κ1) is 11.9. The molecule has 3 N–H and O–H groups in total. The zero-order valence-electron chi connectivity index (χ0n) is 10.0. The second kappa shape index (κ2) is 5.19. The Morgan fingerprint density at radius 1 is 1.59 bits per heavy atom. The van der Waals surface area contributed by atoms with Crippen molar-refractivity contribution in [1.29, 1.82) is 0 Å². The van der Waals surface area contributed by atoms with Crippen molar-refractivity contribution in [2.24, 2.45) is 5.73 Å². The highest BCUT2D eigenvalue weighted by Crippen LogP contribution is 2.29. The first-order valence-corrected chi connectivity index (χ1v) is 5.90. The fourth-order valence-electron chi connectivity index (χ4n) is 2.04. The summed E-state index contributed by atoms with van der Waals surface area (Å²) >= 11 is 0. The van der Waals surface area contributed by atoms with E-state index in [1.807, 2.05) is 6.07 Å². The van der Waals surface area contributed by atoms with Gasteiger partial charge in [-0.15, -0.1) is 0 Å². The van der Waals surface area contributed by atoms with Gasteiger partial charge in [0.05, 0.1) is 0 Å². The lowest BCUT2D eigenvalue weighted by Crippen LogP contribution is -2.32. The third-order valence-corrected chi connectivity index (χ3v) is 2.88. The second-order valence-corrected chi connectivity index (χ2v) is 4.48. The molecule has 17 heavy (non-hydrogen) atoms. The average molecular weight is 234 g/mol. The van der Waals surface area contributed by atoms with Crippen molar-refractivity contribution in [2.45, 2.75) is 25.9 Å². The largest absolute Gasteiger partial charge is 0.488 e. The minimum atomic E-state index is -0.274. The molecule has 4 nitrogen and oxygen atoms in total. The predicted molar refractivity (Wildman–Crippen MR) is 66.0 cm³/mol. The monoisotopic (exact) mass is 234 g/mol. The molecule has 0 aliphatic carbocycles. The average Bonchev–Trinajstić information content (AvgIpc) is 2.66. The van der Waals surface area contributed by atoms with Crippen molar-refractivity contribution in [3.8, 4) is 5.75 Å². The SMILES string of the molecule is Cc1ccc2c(c1)CC(CNCCC(N)=O)O2. The molecule has 0 bridgehead atoms. The number of hydrogen-bond acceptors (Lipinski definition) is 3. The number of benzene rings is 1. The molecule has 2 rings (SSSR count). The van der Waals surface area contributed by atoms with E-state index in [2.05, 4.69) is 24.4 Å². The smallest absolute Gasteiger partial charge is 0.218 e. The Morgan fingerprint density at radius 3 is 3.18 bits per heavy atom. The maximum atomic E-state index is 10.6. The topological polar surface area (TPSA) is 64.3 Å². The fourth-order valence-corrected chi connectivity index (χ4v) is 2.04. The van der Waals surface area contributed by atoms with E-state index in [0.29, 0.717) is 13.0 Å². The number of fused-ring (bicyclic) bond motifs is 1. The van der Waals surface area contributed by atoms with Crippen LogP contribution in [0.3, 0.4) is 0 Å². The van der Waals surface area contributed by atoms with E-state index in [-0.39, 0.29) is 12.0 Å². The van der Waals surface area contributed by atoms with E-state index in [9.17, 15) is 4.79 Å². The van der Waals surface area contributed by atoms with Crippen molar-refractivity contribution < 1.29 is 9.53 Å². The summed E-state index contributed by atoms with van der Waals surface area (Å²) in [6, 6.07) is 6.24. The van der Waals surface area contributed by atoms with Gasteiger partial charge in [0.1, 0.15) is 11.9 Å². The van der Waals surface area contributed by atoms with Crippen molar-refractivity contribution in [3.63, 3.8) is 0 Å². The molecule has 0 spiro atoms. The van der Waals surface area contributed by atoms with Gasteiger partial charge in [-0.25, -0.2) is 0 Å². The van der Waals surface area contributed by atoms with Crippen LogP contribution in [-0.4, -0.2) is 25.1 Å². The lowest BCUT2D eigenvalue weighted by atomic mass is 10.1. The van der Waals surface area contributed by atoms with Crippen LogP contribution in [0.5, 0.6) is 5.75 Å². The minimum Gasteiger partial charge on any atom is -0.488 e. The number of primary amides is 1. The van der Waals surface area contributed by atoms with Gasteiger partial charge in [-0.05, 0) is 18.6 Å². The van der Waals surface area contributed by atoms with Gasteiger partial charge in [0.25, 0.3) is 0 Å². The van der Waals surface area contributed by atoms with Gasteiger partial charge in [0.15, 0.2) is 0 Å². The van der Waals surface area contributed by atoms with Gasteiger partial charge in [0, 0.05) is 25.9 Å². The molecule has 0 saturated carbocycles. The minimum absolute atomic E-state index is 0.166. The summed E-state index contributed by atoms with van der Waals surface area (Å²) in [5.74, 6) is 0.709. The summed E-state index contributed by atoms with van der Waals surface area (Å²) < 4.78 is 5.79. The summed E-state index contributed by atoms with van der Waals surface area (Å²) in [5.41, 5.74) is 7.59. The highest BCUT2D eigenvalue weighted by Gasteiger charge is 2.22. The molecule has 1 heterocycles. The van der Waals surface area contributed by atoms with Crippen LogP contribution in [0, 0.1) is 6.92 Å². The third kappa shape index (κ3) is 3.20. The Balaban J connectivity index is 1.78. The quantitative estimate of drug-likeness (QED) is 0.739. The van der Waals surface area contributed by atoms with Gasteiger partial charge in [0.2, 0.25) is 5.91 Å². The molecule has 0 aromatic heterocycles. The Bertz CT molecular complexity index is 418. The Hall–Kier alpha value is -1.55. The third-order valence-electron chi connectivity index (χ3n) is 2.88. The first-order valence-electron chi connectivity index (χ1n) is 5.90. The summed E-state index contributed by atoms with van der Waals surface area (Å²) in [6.07, 6.45) is 1.47. The van der Waals surface area contributed by atoms with E-state index >= 15 is 0 Å². The van der Waals surface area contributed by atoms with E-state index in [1.54, 1.807) is 0 Å². The van der Waals surface area contributed by atoms with E-state index in [0.717, 1.165) is 18.7 Å². The number of nitrogens with two attached hydrogens (primary N) is 1. The van der Waals surface area contributed by atoms with Crippen molar-refractivity contribution in [2.75, 3.05) is 13.1 Å². The van der Waals surface area contributed by atoms with Crippen molar-refractivity contribution in [3.05, 3.63) is 29.3 Å². The Labute approximate surface area is 101 Å². The molecular formula is C13H18N2O2. The zero-order valence-corrected chi connectivity index (χ0v) is 10.0. The number of amides is 1. The number of rotatable bonds is 5. The van der Waals surface area contributed by atoms with Gasteiger partial charge in [-0.2, -0.15) is 0 Å². The normalized spacial score (nSPS) is 17.6. The standard InChI is InChI=1S/C13H18N2O2/c1-9-2-3-12-10(6-9)7-11(17-12)8-15-5-4-13(14)16/h2-3,6,11,15H,4-5,7-8H2,1H3,(H2,14,16). The van der Waals surface area contributed by atoms with Gasteiger partial charge in [-0.1, -0.05) is 17.7 Å². The highest BCUT2D eigenvalue weighted by molar-refractivity contribution is 5.73. The summed E-state index contributed by atoms with van der Waals surface area (Å²) in [6.45, 7) is 3.45. The summed E-state index contributed by atoms with van der Waals surface area (Å²) in [4.78, 5) is 10.6. The molecular weight excluding hydrogens is 216 g/mol. The molecule has 0 radical (unpaired) electrons. The van der Waals surface area contributed by atoms with E-state index in [4.69, 9.17) is 10.5 Å². The number of carbonyl (C=O) groups excluding carboxylic acids is 1. The van der Waals surface area contributed by atoms with Crippen LogP contribution in [0.4, 0.5) is 0 Å². The molecule has 0 saturated heterocycles. The van der Waals surface area contributed by atoms with E-state index in [1.165, 1.54) is 11.1 Å². The highest BCUT2D eigenvalue weighted by atomic mass is 16.5. The van der Waals surface area contributed by atoms with E-state index < -0.39 is 0 Å². The van der Waals surface area contributed by atoms with Crippen LogP contribution in [-0.2, 0) is 11.2 Å². The number of aryl methyl sites for hydroxylation is 1. The van der Waals surface area contributed by atoms with Crippen LogP contribution in [0.1, 0.15) is 17.5 Å². The molecule has 1 unspecified atom stereocenters. The molecule has 1 aliphatic heterocycles. The van der Waals surface area contributed by atoms with Crippen LogP contribution >= 0.6 is 0 Å². The first-order chi connectivity index (χ1) is 8.15. The maximum absolute atomic E-state index is 10.6. The molecule has 92 valence electrons. The molecule has 1 aliphatic rings. The lowest BCUT2D eigenvalue weighted by Gasteiger charge is -2.11. The number of hydrogen-bond donors (Lipinski definition) is 2. The number of nitrogens with one attached hydrogen (secondary N) is 1. The summed E-state index contributed by atoms with van der Waals surface area (Å²) in [5, 5.41) is 3.18. The molecule has 4 heteroatoms. The lowest BCUT2D eigenvalue weighted by molar-refractivity contribution is -0.117. The van der Waals surface area contributed by atoms with Gasteiger partial charge >= 0.3 is 0 Å². The van der Waals surface area contributed by atoms with Crippen LogP contribution in [0.25, 0.3) is 0 Å². The molecule has 1 aromatic rings. The maximum Gasteiger partial charge on any atom is 0.218 e. The van der Waals surface area contributed by atoms with Gasteiger partial charge in [-0.3, -0.25) is 4.79 Å². The van der Waals surface area contributed by atoms with Crippen LogP contribution < -0.4 is 15.8 Å². The van der Waals surface area contributed by atoms with Crippen LogP contribution in [0.2, 0.25) is 0 Å². The van der Waals surface area contributed by atoms with Crippen molar-refractivity contribution in [1.82, 2.24) is 5.32 Å². The molecule has 1 atom stereocenters.